The van der Waals surface area contributed by atoms with Crippen LogP contribution in [0.5, 0.6) is 0 Å². The number of hydrogen-bond donors (Lipinski definition) is 2. The summed E-state index contributed by atoms with van der Waals surface area (Å²) < 4.78 is 6.27. The van der Waals surface area contributed by atoms with Crippen molar-refractivity contribution in [1.29, 1.82) is 0 Å². The standard InChI is InChI=1S/C16H17N3OS/c1-10-18-15-8-14(13(17)7-16(15)21-10)19-12-5-3-4-11(6-12)9-20-2/h3-8,19H,9,17H2,1-2H3. The highest BCUT2D eigenvalue weighted by molar-refractivity contribution is 7.18. The second-order valence-electron chi connectivity index (χ2n) is 4.90. The van der Waals surface area contributed by atoms with E-state index in [0.717, 1.165) is 37.8 Å². The summed E-state index contributed by atoms with van der Waals surface area (Å²) in [5.41, 5.74) is 10.8. The zero-order valence-corrected chi connectivity index (χ0v) is 12.8. The molecule has 108 valence electrons. The van der Waals surface area contributed by atoms with Crippen molar-refractivity contribution in [1.82, 2.24) is 4.98 Å². The lowest BCUT2D eigenvalue weighted by Crippen LogP contribution is -1.97. The summed E-state index contributed by atoms with van der Waals surface area (Å²) in [6.07, 6.45) is 0. The first-order valence-electron chi connectivity index (χ1n) is 6.67. The highest BCUT2D eigenvalue weighted by Gasteiger charge is 2.07. The van der Waals surface area contributed by atoms with E-state index < -0.39 is 0 Å². The van der Waals surface area contributed by atoms with Crippen LogP contribution in [0.2, 0.25) is 0 Å². The summed E-state index contributed by atoms with van der Waals surface area (Å²) in [4.78, 5) is 4.51. The van der Waals surface area contributed by atoms with Gasteiger partial charge in [-0.15, -0.1) is 11.3 Å². The van der Waals surface area contributed by atoms with E-state index >= 15 is 0 Å². The molecule has 1 heterocycles. The molecule has 0 unspecified atom stereocenters. The van der Waals surface area contributed by atoms with E-state index in [1.54, 1.807) is 18.4 Å². The third-order valence-electron chi connectivity index (χ3n) is 3.18. The molecule has 0 aliphatic carbocycles. The predicted molar refractivity (Wildman–Crippen MR) is 89.2 cm³/mol. The largest absolute Gasteiger partial charge is 0.397 e. The quantitative estimate of drug-likeness (QED) is 0.713. The van der Waals surface area contributed by atoms with Crippen molar-refractivity contribution < 1.29 is 4.74 Å². The van der Waals surface area contributed by atoms with Gasteiger partial charge in [-0.2, -0.15) is 0 Å². The van der Waals surface area contributed by atoms with E-state index in [0.29, 0.717) is 6.61 Å². The van der Waals surface area contributed by atoms with Crippen LogP contribution in [-0.4, -0.2) is 12.1 Å². The molecular formula is C16H17N3OS. The van der Waals surface area contributed by atoms with Crippen molar-refractivity contribution in [3.63, 3.8) is 0 Å². The van der Waals surface area contributed by atoms with Gasteiger partial charge < -0.3 is 15.8 Å². The fraction of sp³-hybridized carbons (Fsp3) is 0.188. The number of anilines is 3. The smallest absolute Gasteiger partial charge is 0.0907 e. The number of thiazole rings is 1. The van der Waals surface area contributed by atoms with Gasteiger partial charge in [0.25, 0.3) is 0 Å². The lowest BCUT2D eigenvalue weighted by molar-refractivity contribution is 0.185. The van der Waals surface area contributed by atoms with Crippen LogP contribution in [0.3, 0.4) is 0 Å². The molecule has 0 aliphatic rings. The van der Waals surface area contributed by atoms with Crippen LogP contribution in [-0.2, 0) is 11.3 Å². The minimum absolute atomic E-state index is 0.593. The Bertz CT molecular complexity index is 782. The van der Waals surface area contributed by atoms with Crippen LogP contribution in [0.1, 0.15) is 10.6 Å². The molecule has 0 saturated heterocycles. The van der Waals surface area contributed by atoms with E-state index in [-0.39, 0.29) is 0 Å². The summed E-state index contributed by atoms with van der Waals surface area (Å²) in [7, 11) is 1.69. The average molecular weight is 299 g/mol. The molecule has 0 atom stereocenters. The number of nitrogens with zero attached hydrogens (tertiary/aromatic N) is 1. The third-order valence-corrected chi connectivity index (χ3v) is 4.12. The van der Waals surface area contributed by atoms with Gasteiger partial charge in [0.05, 0.1) is 33.2 Å². The number of nitrogens with one attached hydrogen (secondary N) is 1. The maximum atomic E-state index is 6.13. The van der Waals surface area contributed by atoms with Gasteiger partial charge >= 0.3 is 0 Å². The average Bonchev–Trinajstić information content (AvgIpc) is 2.79. The van der Waals surface area contributed by atoms with Gasteiger partial charge in [0.1, 0.15) is 0 Å². The van der Waals surface area contributed by atoms with Crippen LogP contribution >= 0.6 is 11.3 Å². The Balaban J connectivity index is 1.93. The molecule has 3 rings (SSSR count). The molecule has 4 nitrogen and oxygen atoms in total. The number of methoxy groups -OCH3 is 1. The lowest BCUT2D eigenvalue weighted by atomic mass is 10.2. The minimum atomic E-state index is 0.593. The molecule has 0 bridgehead atoms. The predicted octanol–water partition coefficient (Wildman–Crippen LogP) is 4.08. The van der Waals surface area contributed by atoms with Gasteiger partial charge in [-0.05, 0) is 36.8 Å². The fourth-order valence-electron chi connectivity index (χ4n) is 2.27. The molecule has 0 aliphatic heterocycles. The van der Waals surface area contributed by atoms with Crippen molar-refractivity contribution >= 4 is 38.6 Å². The fourth-order valence-corrected chi connectivity index (χ4v) is 3.13. The number of nitrogen functional groups attached to an aromatic ring is 1. The van der Waals surface area contributed by atoms with E-state index in [1.807, 2.05) is 37.3 Å². The van der Waals surface area contributed by atoms with Crippen molar-refractivity contribution in [3.05, 3.63) is 47.0 Å². The number of aromatic nitrogens is 1. The van der Waals surface area contributed by atoms with Gasteiger partial charge in [0, 0.05) is 12.8 Å². The summed E-state index contributed by atoms with van der Waals surface area (Å²) in [6, 6.07) is 12.1. The highest BCUT2D eigenvalue weighted by Crippen LogP contribution is 2.31. The molecule has 0 saturated carbocycles. The highest BCUT2D eigenvalue weighted by atomic mass is 32.1. The Morgan fingerprint density at radius 1 is 1.29 bits per heavy atom. The zero-order valence-electron chi connectivity index (χ0n) is 12.0. The molecule has 0 fully saturated rings. The third kappa shape index (κ3) is 2.99. The minimum Gasteiger partial charge on any atom is -0.397 e. The summed E-state index contributed by atoms with van der Waals surface area (Å²) in [6.45, 7) is 2.59. The maximum absolute atomic E-state index is 6.13. The molecule has 1 aromatic heterocycles. The van der Waals surface area contributed by atoms with Crippen LogP contribution in [0, 0.1) is 6.92 Å². The lowest BCUT2D eigenvalue weighted by Gasteiger charge is -2.10. The van der Waals surface area contributed by atoms with Gasteiger partial charge in [0.15, 0.2) is 0 Å². The molecule has 5 heteroatoms. The first-order valence-corrected chi connectivity index (χ1v) is 7.49. The summed E-state index contributed by atoms with van der Waals surface area (Å²) >= 11 is 1.65. The first-order chi connectivity index (χ1) is 10.2. The monoisotopic (exact) mass is 299 g/mol. The van der Waals surface area contributed by atoms with Crippen molar-refractivity contribution in [2.45, 2.75) is 13.5 Å². The van der Waals surface area contributed by atoms with Gasteiger partial charge in [0.2, 0.25) is 0 Å². The zero-order chi connectivity index (χ0) is 14.8. The number of rotatable bonds is 4. The summed E-state index contributed by atoms with van der Waals surface area (Å²) in [5, 5.41) is 4.40. The number of aryl methyl sites for hydroxylation is 1. The number of ether oxygens (including phenoxy) is 1. The molecule has 0 spiro atoms. The van der Waals surface area contributed by atoms with Crippen LogP contribution in [0.4, 0.5) is 17.1 Å². The van der Waals surface area contributed by atoms with Crippen molar-refractivity contribution in [2.24, 2.45) is 0 Å². The normalized spacial score (nSPS) is 11.0. The Morgan fingerprint density at radius 3 is 2.95 bits per heavy atom. The van der Waals surface area contributed by atoms with Crippen molar-refractivity contribution in [3.8, 4) is 0 Å². The van der Waals surface area contributed by atoms with Crippen molar-refractivity contribution in [2.75, 3.05) is 18.2 Å². The second-order valence-corrected chi connectivity index (χ2v) is 6.13. The Morgan fingerprint density at radius 2 is 2.14 bits per heavy atom. The maximum Gasteiger partial charge on any atom is 0.0907 e. The Kier molecular flexibility index (Phi) is 3.77. The SMILES string of the molecule is COCc1cccc(Nc2cc3nc(C)sc3cc2N)c1. The van der Waals surface area contributed by atoms with Gasteiger partial charge in [-0.1, -0.05) is 12.1 Å². The molecule has 3 N–H and O–H groups in total. The number of hydrogen-bond acceptors (Lipinski definition) is 5. The molecular weight excluding hydrogens is 282 g/mol. The van der Waals surface area contributed by atoms with E-state index in [4.69, 9.17) is 10.5 Å². The Hall–Kier alpha value is -2.11. The number of nitrogens with two attached hydrogens (primary N) is 1. The van der Waals surface area contributed by atoms with Crippen LogP contribution < -0.4 is 11.1 Å². The van der Waals surface area contributed by atoms with Crippen LogP contribution in [0.15, 0.2) is 36.4 Å². The molecule has 2 aromatic carbocycles. The summed E-state index contributed by atoms with van der Waals surface area (Å²) in [5.74, 6) is 0. The molecule has 0 amide bonds. The van der Waals surface area contributed by atoms with Gasteiger partial charge in [-0.25, -0.2) is 4.98 Å². The number of benzene rings is 2. The Labute approximate surface area is 127 Å². The van der Waals surface area contributed by atoms with Crippen LogP contribution in [0.25, 0.3) is 10.2 Å². The second kappa shape index (κ2) is 5.71. The molecule has 0 radical (unpaired) electrons. The topological polar surface area (TPSA) is 60.2 Å². The van der Waals surface area contributed by atoms with E-state index in [2.05, 4.69) is 16.4 Å². The first kappa shape index (κ1) is 13.9. The van der Waals surface area contributed by atoms with E-state index in [9.17, 15) is 0 Å². The van der Waals surface area contributed by atoms with Gasteiger partial charge in [-0.3, -0.25) is 0 Å². The number of fused-ring (bicyclic) bond motifs is 1. The molecule has 21 heavy (non-hydrogen) atoms. The molecule has 3 aromatic rings. The van der Waals surface area contributed by atoms with E-state index in [1.165, 1.54) is 0 Å².